The fourth-order valence-electron chi connectivity index (χ4n) is 3.11. The summed E-state index contributed by atoms with van der Waals surface area (Å²) in [5.41, 5.74) is 4.90. The summed E-state index contributed by atoms with van der Waals surface area (Å²) >= 11 is -2.30. The number of nitriles is 1. The second-order valence-corrected chi connectivity index (χ2v) is 6.65. The summed E-state index contributed by atoms with van der Waals surface area (Å²) in [6.45, 7) is 0. The van der Waals surface area contributed by atoms with E-state index in [1.165, 1.54) is 11.6 Å². The van der Waals surface area contributed by atoms with Crippen LogP contribution in [0.15, 0.2) is 42.5 Å². The van der Waals surface area contributed by atoms with E-state index in [2.05, 4.69) is 6.07 Å². The predicted molar refractivity (Wildman–Crippen MR) is 90.8 cm³/mol. The van der Waals surface area contributed by atoms with E-state index in [9.17, 15) is 13.2 Å². The third-order valence-corrected chi connectivity index (χ3v) is 4.80. The van der Waals surface area contributed by atoms with Gasteiger partial charge in [0.15, 0.2) is 0 Å². The third kappa shape index (κ3) is 3.45. The van der Waals surface area contributed by atoms with Gasteiger partial charge in [-0.3, -0.25) is 4.21 Å². The van der Waals surface area contributed by atoms with Gasteiger partial charge < -0.3 is 4.55 Å². The molecule has 0 amide bonds. The quantitative estimate of drug-likeness (QED) is 0.785. The summed E-state index contributed by atoms with van der Waals surface area (Å²) in [5, 5.41) is 8.90. The Hall–Kier alpha value is -2.29. The number of nitrogens with zero attached hydrogens (tertiary/aromatic N) is 1. The summed E-state index contributed by atoms with van der Waals surface area (Å²) < 4.78 is 35.7. The fraction of sp³-hybridized carbons (Fsp3) is 0.211. The molecule has 1 aliphatic carbocycles. The van der Waals surface area contributed by atoms with Crippen molar-refractivity contribution in [3.8, 4) is 6.07 Å². The minimum Gasteiger partial charge on any atom is -0.772 e. The van der Waals surface area contributed by atoms with Gasteiger partial charge in [-0.05, 0) is 65.3 Å². The zero-order valence-electron chi connectivity index (χ0n) is 12.9. The first-order chi connectivity index (χ1) is 11.6. The van der Waals surface area contributed by atoms with Crippen molar-refractivity contribution in [3.05, 3.63) is 70.5 Å². The molecule has 0 spiro atoms. The van der Waals surface area contributed by atoms with E-state index >= 15 is 0 Å². The molecule has 2 aromatic carbocycles. The number of hydrogen-bond acceptors (Lipinski definition) is 3. The van der Waals surface area contributed by atoms with Gasteiger partial charge in [-0.1, -0.05) is 35.3 Å². The second kappa shape index (κ2) is 7.08. The SMILES string of the molecule is N#Cc1ccc(C2=C(c3ccc(CS(=O)[O-])c(F)c3)CCC2)cc1. The molecule has 0 fully saturated rings. The van der Waals surface area contributed by atoms with Crippen LogP contribution in [0.4, 0.5) is 4.39 Å². The van der Waals surface area contributed by atoms with E-state index in [-0.39, 0.29) is 11.3 Å². The Kier molecular flexibility index (Phi) is 4.89. The van der Waals surface area contributed by atoms with Crippen LogP contribution in [0, 0.1) is 17.1 Å². The van der Waals surface area contributed by atoms with Crippen LogP contribution in [-0.2, 0) is 16.8 Å². The zero-order valence-corrected chi connectivity index (χ0v) is 13.7. The average Bonchev–Trinajstić information content (AvgIpc) is 3.06. The molecule has 0 saturated heterocycles. The number of allylic oxidation sites excluding steroid dienone is 2. The first kappa shape index (κ1) is 16.6. The minimum atomic E-state index is -2.30. The lowest BCUT2D eigenvalue weighted by Gasteiger charge is -2.11. The Morgan fingerprint density at radius 1 is 1.08 bits per heavy atom. The normalized spacial score (nSPS) is 15.4. The molecule has 122 valence electrons. The van der Waals surface area contributed by atoms with E-state index in [0.29, 0.717) is 5.56 Å². The molecule has 3 rings (SSSR count). The van der Waals surface area contributed by atoms with E-state index in [0.717, 1.165) is 36.0 Å². The Morgan fingerprint density at radius 3 is 2.29 bits per heavy atom. The third-order valence-electron chi connectivity index (χ3n) is 4.26. The molecule has 0 aliphatic heterocycles. The topological polar surface area (TPSA) is 63.9 Å². The van der Waals surface area contributed by atoms with E-state index < -0.39 is 16.9 Å². The Balaban J connectivity index is 1.98. The Morgan fingerprint density at radius 2 is 1.71 bits per heavy atom. The fourth-order valence-corrected chi connectivity index (χ4v) is 3.59. The summed E-state index contributed by atoms with van der Waals surface area (Å²) in [6.07, 6.45) is 2.77. The van der Waals surface area contributed by atoms with Gasteiger partial charge in [0.2, 0.25) is 0 Å². The molecule has 0 aromatic heterocycles. The molecule has 0 N–H and O–H groups in total. The molecule has 2 aromatic rings. The van der Waals surface area contributed by atoms with Crippen molar-refractivity contribution in [2.24, 2.45) is 0 Å². The number of benzene rings is 2. The standard InChI is InChI=1S/C19H16FNO2S/c20-19-10-15(8-9-16(19)12-24(22)23)18-3-1-2-17(18)14-6-4-13(11-21)5-7-14/h4-10H,1-3,12H2,(H,22,23)/p-1. The first-order valence-electron chi connectivity index (χ1n) is 7.65. The van der Waals surface area contributed by atoms with Crippen molar-refractivity contribution in [2.75, 3.05) is 0 Å². The highest BCUT2D eigenvalue weighted by molar-refractivity contribution is 7.78. The summed E-state index contributed by atoms with van der Waals surface area (Å²) in [5.74, 6) is -0.802. The lowest BCUT2D eigenvalue weighted by atomic mass is 9.96. The van der Waals surface area contributed by atoms with E-state index in [1.807, 2.05) is 12.1 Å². The van der Waals surface area contributed by atoms with Crippen molar-refractivity contribution in [1.29, 1.82) is 5.26 Å². The van der Waals surface area contributed by atoms with Crippen LogP contribution in [0.5, 0.6) is 0 Å². The van der Waals surface area contributed by atoms with Gasteiger partial charge in [-0.2, -0.15) is 5.26 Å². The number of hydrogen-bond donors (Lipinski definition) is 0. The molecule has 0 radical (unpaired) electrons. The van der Waals surface area contributed by atoms with Crippen LogP contribution in [-0.4, -0.2) is 8.76 Å². The highest BCUT2D eigenvalue weighted by Gasteiger charge is 2.18. The van der Waals surface area contributed by atoms with Crippen molar-refractivity contribution in [3.63, 3.8) is 0 Å². The van der Waals surface area contributed by atoms with Crippen LogP contribution in [0.2, 0.25) is 0 Å². The maximum Gasteiger partial charge on any atom is 0.127 e. The number of rotatable bonds is 4. The molecule has 0 saturated carbocycles. The van der Waals surface area contributed by atoms with Gasteiger partial charge in [0.05, 0.1) is 11.6 Å². The largest absolute Gasteiger partial charge is 0.772 e. The highest BCUT2D eigenvalue weighted by Crippen LogP contribution is 2.40. The smallest absolute Gasteiger partial charge is 0.127 e. The van der Waals surface area contributed by atoms with Crippen LogP contribution in [0.1, 0.15) is 41.5 Å². The highest BCUT2D eigenvalue weighted by atomic mass is 32.2. The molecule has 3 nitrogen and oxygen atoms in total. The van der Waals surface area contributed by atoms with Gasteiger partial charge in [0, 0.05) is 5.75 Å². The van der Waals surface area contributed by atoms with Gasteiger partial charge in [0.1, 0.15) is 5.82 Å². The molecule has 24 heavy (non-hydrogen) atoms. The van der Waals surface area contributed by atoms with Gasteiger partial charge >= 0.3 is 0 Å². The minimum absolute atomic E-state index is 0.186. The molecule has 1 aliphatic rings. The maximum absolute atomic E-state index is 14.2. The summed E-state index contributed by atoms with van der Waals surface area (Å²) in [7, 11) is 0. The maximum atomic E-state index is 14.2. The lowest BCUT2D eigenvalue weighted by Crippen LogP contribution is -1.98. The van der Waals surface area contributed by atoms with Gasteiger partial charge in [-0.15, -0.1) is 0 Å². The zero-order chi connectivity index (χ0) is 17.1. The van der Waals surface area contributed by atoms with E-state index in [1.54, 1.807) is 24.3 Å². The molecular weight excluding hydrogens is 325 g/mol. The summed E-state index contributed by atoms with van der Waals surface area (Å²) in [6, 6.07) is 14.3. The predicted octanol–water partition coefficient (Wildman–Crippen LogP) is 4.17. The molecule has 0 heterocycles. The van der Waals surface area contributed by atoms with Crippen LogP contribution >= 0.6 is 0 Å². The van der Waals surface area contributed by atoms with E-state index in [4.69, 9.17) is 5.26 Å². The molecule has 0 bridgehead atoms. The molecule has 1 unspecified atom stereocenters. The van der Waals surface area contributed by atoms with Crippen LogP contribution in [0.3, 0.4) is 0 Å². The summed E-state index contributed by atoms with van der Waals surface area (Å²) in [4.78, 5) is 0. The van der Waals surface area contributed by atoms with Crippen LogP contribution in [0.25, 0.3) is 11.1 Å². The van der Waals surface area contributed by atoms with Crippen molar-refractivity contribution in [1.82, 2.24) is 0 Å². The average molecular weight is 340 g/mol. The van der Waals surface area contributed by atoms with Crippen molar-refractivity contribution >= 4 is 22.2 Å². The van der Waals surface area contributed by atoms with Gasteiger partial charge in [-0.25, -0.2) is 4.39 Å². The second-order valence-electron chi connectivity index (χ2n) is 5.75. The molecule has 1 atom stereocenters. The molecular formula is C19H15FNO2S-. The molecule has 5 heteroatoms. The van der Waals surface area contributed by atoms with Crippen molar-refractivity contribution < 1.29 is 13.2 Å². The Bertz CT molecular complexity index is 866. The van der Waals surface area contributed by atoms with Crippen LogP contribution < -0.4 is 0 Å². The first-order valence-corrected chi connectivity index (χ1v) is 8.90. The van der Waals surface area contributed by atoms with Gasteiger partial charge in [0.25, 0.3) is 0 Å². The van der Waals surface area contributed by atoms with Crippen molar-refractivity contribution in [2.45, 2.75) is 25.0 Å². The number of halogens is 1. The monoisotopic (exact) mass is 340 g/mol. The lowest BCUT2D eigenvalue weighted by molar-refractivity contribution is 0.533. The Labute approximate surface area is 142 Å².